The summed E-state index contributed by atoms with van der Waals surface area (Å²) in [6, 6.07) is 11.9. The Bertz CT molecular complexity index is 1180. The van der Waals surface area contributed by atoms with E-state index in [0.29, 0.717) is 16.6 Å². The van der Waals surface area contributed by atoms with Gasteiger partial charge in [-0.1, -0.05) is 15.9 Å². The number of aromatic nitrogens is 1. The van der Waals surface area contributed by atoms with Crippen LogP contribution < -0.4 is 4.31 Å². The van der Waals surface area contributed by atoms with E-state index in [0.717, 1.165) is 18.6 Å². The van der Waals surface area contributed by atoms with E-state index in [-0.39, 0.29) is 11.6 Å². The van der Waals surface area contributed by atoms with Crippen molar-refractivity contribution in [2.24, 2.45) is 10.2 Å². The number of nitrogens with one attached hydrogen (secondary N) is 1. The van der Waals surface area contributed by atoms with Gasteiger partial charge in [0.1, 0.15) is 6.54 Å². The first-order chi connectivity index (χ1) is 13.1. The van der Waals surface area contributed by atoms with E-state index in [1.54, 1.807) is 42.5 Å². The van der Waals surface area contributed by atoms with Crippen molar-refractivity contribution in [2.45, 2.75) is 0 Å². The van der Waals surface area contributed by atoms with E-state index in [1.807, 2.05) is 0 Å². The smallest absolute Gasteiger partial charge is 0.285 e. The summed E-state index contributed by atoms with van der Waals surface area (Å²) in [7, 11) is -3.70. The number of aromatic hydroxyl groups is 1. The molecule has 1 aromatic heterocycles. The molecular formula is C17H14BrIN4O4S. The van der Waals surface area contributed by atoms with Gasteiger partial charge in [0.05, 0.1) is 17.5 Å². The minimum atomic E-state index is -3.70. The number of aromatic amines is 1. The van der Waals surface area contributed by atoms with Gasteiger partial charge in [-0.25, -0.2) is 8.42 Å². The van der Waals surface area contributed by atoms with E-state index in [9.17, 15) is 18.3 Å². The molecule has 1 amide bonds. The zero-order valence-corrected chi connectivity index (χ0v) is 19.0. The standard InChI is InChI=1S/C17H14BrIN4O4S/c1-28(26,27)23(12-5-3-11(19)4-6-12)9-15(24)21-22-16-13-8-10(18)2-7-14(13)20-17(16)25/h2-8,20,25H,9H2,1H3. The summed E-state index contributed by atoms with van der Waals surface area (Å²) in [5, 5.41) is 18.0. The van der Waals surface area contributed by atoms with Gasteiger partial charge in [-0.2, -0.15) is 0 Å². The van der Waals surface area contributed by atoms with E-state index in [1.165, 1.54) is 0 Å². The number of rotatable bonds is 5. The fourth-order valence-electron chi connectivity index (χ4n) is 2.50. The van der Waals surface area contributed by atoms with Crippen LogP contribution in [0.25, 0.3) is 10.9 Å². The largest absolute Gasteiger partial charge is 0.493 e. The molecule has 0 radical (unpaired) electrons. The molecule has 0 saturated carbocycles. The summed E-state index contributed by atoms with van der Waals surface area (Å²) < 4.78 is 26.9. The maximum atomic E-state index is 12.3. The Morgan fingerprint density at radius 2 is 1.93 bits per heavy atom. The SMILES string of the molecule is CS(=O)(=O)N(CC(=O)N=Nc1c(O)[nH]c2ccc(Br)cc12)c1ccc(I)cc1. The molecule has 8 nitrogen and oxygen atoms in total. The van der Waals surface area contributed by atoms with Crippen molar-refractivity contribution in [1.29, 1.82) is 0 Å². The predicted molar refractivity (Wildman–Crippen MR) is 119 cm³/mol. The molecule has 3 aromatic rings. The first-order valence-corrected chi connectivity index (χ1v) is 11.5. The average Bonchev–Trinajstić information content (AvgIpc) is 2.92. The predicted octanol–water partition coefficient (Wildman–Crippen LogP) is 4.32. The highest BCUT2D eigenvalue weighted by Crippen LogP contribution is 2.36. The lowest BCUT2D eigenvalue weighted by molar-refractivity contribution is -0.116. The maximum Gasteiger partial charge on any atom is 0.285 e. The third-order valence-electron chi connectivity index (χ3n) is 3.77. The van der Waals surface area contributed by atoms with Gasteiger partial charge < -0.3 is 10.1 Å². The molecule has 0 atom stereocenters. The average molecular weight is 577 g/mol. The van der Waals surface area contributed by atoms with Crippen molar-refractivity contribution in [3.05, 3.63) is 50.5 Å². The Kier molecular flexibility index (Phi) is 6.05. The maximum absolute atomic E-state index is 12.3. The normalized spacial score (nSPS) is 12.0. The monoisotopic (exact) mass is 576 g/mol. The van der Waals surface area contributed by atoms with Crippen LogP contribution in [0.4, 0.5) is 11.4 Å². The molecule has 146 valence electrons. The van der Waals surface area contributed by atoms with Crippen molar-refractivity contribution in [2.75, 3.05) is 17.1 Å². The molecule has 28 heavy (non-hydrogen) atoms. The Morgan fingerprint density at radius 1 is 1.25 bits per heavy atom. The van der Waals surface area contributed by atoms with Gasteiger partial charge in [-0.3, -0.25) is 9.10 Å². The van der Waals surface area contributed by atoms with E-state index in [2.05, 4.69) is 53.7 Å². The van der Waals surface area contributed by atoms with Gasteiger partial charge in [0, 0.05) is 13.4 Å². The molecule has 3 rings (SSSR count). The van der Waals surface area contributed by atoms with Crippen molar-refractivity contribution >= 4 is 76.7 Å². The van der Waals surface area contributed by atoms with Crippen LogP contribution >= 0.6 is 38.5 Å². The molecule has 1 heterocycles. The van der Waals surface area contributed by atoms with E-state index >= 15 is 0 Å². The van der Waals surface area contributed by atoms with E-state index < -0.39 is 22.5 Å². The van der Waals surface area contributed by atoms with Gasteiger partial charge in [0.15, 0.2) is 5.69 Å². The summed E-state index contributed by atoms with van der Waals surface area (Å²) >= 11 is 5.43. The number of azo groups is 1. The molecule has 2 N–H and O–H groups in total. The second kappa shape index (κ2) is 8.17. The zero-order valence-electron chi connectivity index (χ0n) is 14.4. The van der Waals surface area contributed by atoms with Crippen molar-refractivity contribution in [1.82, 2.24) is 4.98 Å². The lowest BCUT2D eigenvalue weighted by Gasteiger charge is -2.20. The fraction of sp³-hybridized carbons (Fsp3) is 0.118. The molecule has 11 heteroatoms. The minimum absolute atomic E-state index is 0.102. The number of anilines is 1. The summed E-state index contributed by atoms with van der Waals surface area (Å²) in [4.78, 5) is 15.0. The second-order valence-corrected chi connectivity index (χ2v) is 9.92. The molecule has 0 aliphatic rings. The summed E-state index contributed by atoms with van der Waals surface area (Å²) in [6.45, 7) is -0.504. The minimum Gasteiger partial charge on any atom is -0.493 e. The molecule has 0 aliphatic heterocycles. The summed E-state index contributed by atoms with van der Waals surface area (Å²) in [5.74, 6) is -1.00. The van der Waals surface area contributed by atoms with Crippen molar-refractivity contribution in [3.8, 4) is 5.88 Å². The third kappa shape index (κ3) is 4.70. The van der Waals surface area contributed by atoms with Crippen LogP contribution in [0, 0.1) is 3.57 Å². The van der Waals surface area contributed by atoms with Gasteiger partial charge in [-0.15, -0.1) is 10.2 Å². The fourth-order valence-corrected chi connectivity index (χ4v) is 4.07. The molecule has 0 saturated heterocycles. The number of carbonyl (C=O) groups excluding carboxylic acids is 1. The Morgan fingerprint density at radius 3 is 2.57 bits per heavy atom. The molecule has 0 bridgehead atoms. The Labute approximate surface area is 183 Å². The molecule has 0 aliphatic carbocycles. The Balaban J connectivity index is 1.87. The van der Waals surface area contributed by atoms with Crippen molar-refractivity contribution < 1.29 is 18.3 Å². The van der Waals surface area contributed by atoms with Crippen LogP contribution in [-0.2, 0) is 14.8 Å². The first kappa shape index (κ1) is 20.7. The number of benzene rings is 2. The third-order valence-corrected chi connectivity index (χ3v) is 6.12. The number of hydrogen-bond donors (Lipinski definition) is 2. The lowest BCUT2D eigenvalue weighted by atomic mass is 10.2. The highest BCUT2D eigenvalue weighted by atomic mass is 127. The second-order valence-electron chi connectivity index (χ2n) is 5.85. The molecule has 2 aromatic carbocycles. The number of fused-ring (bicyclic) bond motifs is 1. The lowest BCUT2D eigenvalue weighted by Crippen LogP contribution is -2.34. The summed E-state index contributed by atoms with van der Waals surface area (Å²) in [6.07, 6.45) is 1.01. The molecule has 0 unspecified atom stereocenters. The quantitative estimate of drug-likeness (QED) is 0.348. The number of hydrogen-bond acceptors (Lipinski definition) is 5. The van der Waals surface area contributed by atoms with Crippen LogP contribution in [0.2, 0.25) is 0 Å². The topological polar surface area (TPSA) is 115 Å². The van der Waals surface area contributed by atoms with Gasteiger partial charge >= 0.3 is 0 Å². The van der Waals surface area contributed by atoms with Gasteiger partial charge in [-0.05, 0) is 65.1 Å². The molecule has 0 spiro atoms. The number of carbonyl (C=O) groups is 1. The van der Waals surface area contributed by atoms with Crippen LogP contribution in [0.1, 0.15) is 0 Å². The van der Waals surface area contributed by atoms with Crippen LogP contribution in [0.15, 0.2) is 57.2 Å². The van der Waals surface area contributed by atoms with Crippen LogP contribution in [0.3, 0.4) is 0 Å². The molecule has 0 fully saturated rings. The summed E-state index contributed by atoms with van der Waals surface area (Å²) in [5.41, 5.74) is 1.08. The van der Waals surface area contributed by atoms with Gasteiger partial charge in [0.25, 0.3) is 5.91 Å². The first-order valence-electron chi connectivity index (χ1n) is 7.83. The van der Waals surface area contributed by atoms with Gasteiger partial charge in [0.2, 0.25) is 15.9 Å². The highest BCUT2D eigenvalue weighted by Gasteiger charge is 2.21. The highest BCUT2D eigenvalue weighted by molar-refractivity contribution is 14.1. The van der Waals surface area contributed by atoms with Crippen LogP contribution in [0.5, 0.6) is 5.88 Å². The number of sulfonamides is 1. The molecular weight excluding hydrogens is 563 g/mol. The zero-order chi connectivity index (χ0) is 20.5. The number of amides is 1. The number of nitrogens with zero attached hydrogens (tertiary/aromatic N) is 3. The van der Waals surface area contributed by atoms with E-state index in [4.69, 9.17) is 0 Å². The Hall–Kier alpha value is -1.99. The van der Waals surface area contributed by atoms with Crippen LogP contribution in [-0.4, -0.2) is 37.2 Å². The van der Waals surface area contributed by atoms with Crippen molar-refractivity contribution in [3.63, 3.8) is 0 Å². The number of H-pyrrole nitrogens is 1. The number of halogens is 2.